The molecule has 5 heteroatoms. The summed E-state index contributed by atoms with van der Waals surface area (Å²) in [4.78, 5) is 16.4. The third-order valence-electron chi connectivity index (χ3n) is 5.15. The van der Waals surface area contributed by atoms with Crippen molar-refractivity contribution in [1.29, 1.82) is 0 Å². The van der Waals surface area contributed by atoms with Gasteiger partial charge in [0.25, 0.3) is 0 Å². The van der Waals surface area contributed by atoms with Crippen molar-refractivity contribution < 1.29 is 14.6 Å². The lowest BCUT2D eigenvalue weighted by atomic mass is 9.80. The number of ether oxygens (including phenoxy) is 1. The third-order valence-corrected chi connectivity index (χ3v) is 5.15. The number of aliphatic hydroxyl groups is 1. The van der Waals surface area contributed by atoms with Crippen LogP contribution in [0.25, 0.3) is 0 Å². The Morgan fingerprint density at radius 1 is 1.33 bits per heavy atom. The fourth-order valence-electron chi connectivity index (χ4n) is 3.48. The summed E-state index contributed by atoms with van der Waals surface area (Å²) in [6.07, 6.45) is 4.39. The summed E-state index contributed by atoms with van der Waals surface area (Å²) in [6.45, 7) is 7.14. The van der Waals surface area contributed by atoms with Gasteiger partial charge in [-0.2, -0.15) is 0 Å². The van der Waals surface area contributed by atoms with E-state index in [1.54, 1.807) is 7.11 Å². The Morgan fingerprint density at radius 2 is 2.05 bits per heavy atom. The molecule has 0 bridgehead atoms. The maximum Gasteiger partial charge on any atom is 0.223 e. The van der Waals surface area contributed by atoms with Gasteiger partial charge in [0, 0.05) is 52.9 Å². The maximum absolute atomic E-state index is 12.1. The molecular formula is C16H30N2O3. The largest absolute Gasteiger partial charge is 0.389 e. The smallest absolute Gasteiger partial charge is 0.223 e. The van der Waals surface area contributed by atoms with E-state index in [1.165, 1.54) is 0 Å². The van der Waals surface area contributed by atoms with Crippen molar-refractivity contribution in [3.05, 3.63) is 0 Å². The van der Waals surface area contributed by atoms with E-state index in [1.807, 2.05) is 4.90 Å². The Labute approximate surface area is 128 Å². The summed E-state index contributed by atoms with van der Waals surface area (Å²) in [5.74, 6) is 0.517. The van der Waals surface area contributed by atoms with Crippen LogP contribution in [0.15, 0.2) is 0 Å². The van der Waals surface area contributed by atoms with Crippen LogP contribution >= 0.6 is 0 Å². The first-order valence-electron chi connectivity index (χ1n) is 8.26. The first-order valence-corrected chi connectivity index (χ1v) is 8.26. The molecule has 2 heterocycles. The minimum atomic E-state index is -0.606. The fourth-order valence-corrected chi connectivity index (χ4v) is 3.48. The number of nitrogens with zero attached hydrogens (tertiary/aromatic N) is 2. The van der Waals surface area contributed by atoms with Crippen LogP contribution in [0.5, 0.6) is 0 Å². The van der Waals surface area contributed by atoms with Crippen LogP contribution in [0.4, 0.5) is 0 Å². The number of hydrogen-bond donors (Lipinski definition) is 1. The Hall–Kier alpha value is -0.650. The number of methoxy groups -OCH3 is 1. The summed E-state index contributed by atoms with van der Waals surface area (Å²) in [5, 5.41) is 10.7. The van der Waals surface area contributed by atoms with E-state index in [-0.39, 0.29) is 5.92 Å². The monoisotopic (exact) mass is 298 g/mol. The summed E-state index contributed by atoms with van der Waals surface area (Å²) < 4.78 is 5.10. The summed E-state index contributed by atoms with van der Waals surface area (Å²) in [7, 11) is 1.67. The molecular weight excluding hydrogens is 268 g/mol. The van der Waals surface area contributed by atoms with Crippen molar-refractivity contribution in [2.75, 3.05) is 46.4 Å². The van der Waals surface area contributed by atoms with Gasteiger partial charge in [0.15, 0.2) is 0 Å². The molecule has 0 spiro atoms. The van der Waals surface area contributed by atoms with Crippen molar-refractivity contribution in [2.45, 2.75) is 44.6 Å². The van der Waals surface area contributed by atoms with Gasteiger partial charge < -0.3 is 19.6 Å². The second-order valence-electron chi connectivity index (χ2n) is 6.64. The molecule has 2 saturated heterocycles. The molecule has 1 amide bonds. The zero-order chi connectivity index (χ0) is 15.3. The van der Waals surface area contributed by atoms with Crippen LogP contribution in [0, 0.1) is 5.92 Å². The lowest BCUT2D eigenvalue weighted by Gasteiger charge is -2.43. The molecule has 2 fully saturated rings. The van der Waals surface area contributed by atoms with Crippen LogP contribution in [0.3, 0.4) is 0 Å². The van der Waals surface area contributed by atoms with Gasteiger partial charge in [-0.25, -0.2) is 0 Å². The first-order chi connectivity index (χ1) is 10.0. The molecule has 0 unspecified atom stereocenters. The first kappa shape index (κ1) is 16.7. The molecule has 122 valence electrons. The maximum atomic E-state index is 12.1. The van der Waals surface area contributed by atoms with Gasteiger partial charge in [0.05, 0.1) is 5.60 Å². The van der Waals surface area contributed by atoms with E-state index in [0.29, 0.717) is 25.4 Å². The number of carbonyl (C=O) groups is 1. The SMILES string of the molecule is COCC[C@]1(O)CCN(CCC(=O)N2CCCC2)C[C@H]1C. The highest BCUT2D eigenvalue weighted by Crippen LogP contribution is 2.31. The Morgan fingerprint density at radius 3 is 2.67 bits per heavy atom. The van der Waals surface area contributed by atoms with Crippen LogP contribution in [0.2, 0.25) is 0 Å². The van der Waals surface area contributed by atoms with Gasteiger partial charge in [-0.05, 0) is 31.6 Å². The molecule has 0 saturated carbocycles. The average molecular weight is 298 g/mol. The average Bonchev–Trinajstić information content (AvgIpc) is 3.01. The summed E-state index contributed by atoms with van der Waals surface area (Å²) in [6, 6.07) is 0. The van der Waals surface area contributed by atoms with E-state index >= 15 is 0 Å². The number of hydrogen-bond acceptors (Lipinski definition) is 4. The molecule has 1 N–H and O–H groups in total. The van der Waals surface area contributed by atoms with Gasteiger partial charge in [-0.1, -0.05) is 6.92 Å². The second kappa shape index (κ2) is 7.56. The van der Waals surface area contributed by atoms with E-state index < -0.39 is 5.60 Å². The number of likely N-dealkylation sites (tertiary alicyclic amines) is 2. The molecule has 0 aliphatic carbocycles. The van der Waals surface area contributed by atoms with Gasteiger partial charge in [0.1, 0.15) is 0 Å². The Bertz CT molecular complexity index is 344. The highest BCUT2D eigenvalue weighted by molar-refractivity contribution is 5.76. The molecule has 5 nitrogen and oxygen atoms in total. The van der Waals surface area contributed by atoms with E-state index in [0.717, 1.165) is 52.0 Å². The number of carbonyl (C=O) groups excluding carboxylic acids is 1. The summed E-state index contributed by atoms with van der Waals surface area (Å²) >= 11 is 0. The van der Waals surface area contributed by atoms with Gasteiger partial charge in [0.2, 0.25) is 5.91 Å². The highest BCUT2D eigenvalue weighted by atomic mass is 16.5. The van der Waals surface area contributed by atoms with E-state index in [2.05, 4.69) is 11.8 Å². The molecule has 0 aromatic rings. The predicted octanol–water partition coefficient (Wildman–Crippen LogP) is 1.11. The van der Waals surface area contributed by atoms with Crippen LogP contribution in [-0.2, 0) is 9.53 Å². The molecule has 21 heavy (non-hydrogen) atoms. The van der Waals surface area contributed by atoms with Crippen LogP contribution in [-0.4, -0.2) is 72.9 Å². The Kier molecular flexibility index (Phi) is 6.02. The number of rotatable bonds is 6. The summed E-state index contributed by atoms with van der Waals surface area (Å²) in [5.41, 5.74) is -0.606. The third kappa shape index (κ3) is 4.41. The van der Waals surface area contributed by atoms with Crippen LogP contribution in [0.1, 0.15) is 39.0 Å². The molecule has 2 atom stereocenters. The zero-order valence-electron chi connectivity index (χ0n) is 13.5. The highest BCUT2D eigenvalue weighted by Gasteiger charge is 2.38. The van der Waals surface area contributed by atoms with E-state index in [9.17, 15) is 9.90 Å². The minimum absolute atomic E-state index is 0.225. The molecule has 0 aromatic carbocycles. The molecule has 0 radical (unpaired) electrons. The predicted molar refractivity (Wildman–Crippen MR) is 82.1 cm³/mol. The topological polar surface area (TPSA) is 53.0 Å². The molecule has 2 aliphatic heterocycles. The molecule has 2 aliphatic rings. The fraction of sp³-hybridized carbons (Fsp3) is 0.938. The number of amides is 1. The van der Waals surface area contributed by atoms with E-state index in [4.69, 9.17) is 4.74 Å². The van der Waals surface area contributed by atoms with Gasteiger partial charge in [-0.15, -0.1) is 0 Å². The van der Waals surface area contributed by atoms with Crippen molar-refractivity contribution >= 4 is 5.91 Å². The molecule has 0 aromatic heterocycles. The van der Waals surface area contributed by atoms with Crippen molar-refractivity contribution in [3.8, 4) is 0 Å². The van der Waals surface area contributed by atoms with Crippen LogP contribution < -0.4 is 0 Å². The lowest BCUT2D eigenvalue weighted by Crippen LogP contribution is -2.51. The normalized spacial score (nSPS) is 30.8. The standard InChI is InChI=1S/C16H30N2O3/c1-14-13-17(11-6-16(14,20)7-12-21-2)10-5-15(19)18-8-3-4-9-18/h14,20H,3-13H2,1-2H3/t14-,16-/m1/s1. The lowest BCUT2D eigenvalue weighted by molar-refractivity contribution is -0.131. The van der Waals surface area contributed by atoms with Crippen molar-refractivity contribution in [1.82, 2.24) is 9.80 Å². The zero-order valence-corrected chi connectivity index (χ0v) is 13.5. The van der Waals surface area contributed by atoms with Gasteiger partial charge >= 0.3 is 0 Å². The molecule has 2 rings (SSSR count). The quantitative estimate of drug-likeness (QED) is 0.798. The van der Waals surface area contributed by atoms with Gasteiger partial charge in [-0.3, -0.25) is 4.79 Å². The minimum Gasteiger partial charge on any atom is -0.389 e. The van der Waals surface area contributed by atoms with Crippen molar-refractivity contribution in [2.24, 2.45) is 5.92 Å². The number of piperidine rings is 1. The van der Waals surface area contributed by atoms with Crippen molar-refractivity contribution in [3.63, 3.8) is 0 Å². The second-order valence-corrected chi connectivity index (χ2v) is 6.64. The Balaban J connectivity index is 1.73.